The number of nitrogens with zero attached hydrogens (tertiary/aromatic N) is 1. The van der Waals surface area contributed by atoms with Crippen LogP contribution in [0.5, 0.6) is 0 Å². The highest BCUT2D eigenvalue weighted by Crippen LogP contribution is 2.47. The van der Waals surface area contributed by atoms with Gasteiger partial charge in [0.15, 0.2) is 0 Å². The lowest BCUT2D eigenvalue weighted by Crippen LogP contribution is -2.39. The van der Waals surface area contributed by atoms with Crippen LogP contribution in [0.3, 0.4) is 0 Å². The normalized spacial score (nSPS) is 32.2. The van der Waals surface area contributed by atoms with Crippen molar-refractivity contribution in [1.29, 1.82) is 0 Å². The number of rotatable bonds is 2. The van der Waals surface area contributed by atoms with Crippen LogP contribution >= 0.6 is 0 Å². The minimum atomic E-state index is -0.724. The molecule has 0 radical (unpaired) electrons. The Hall–Kier alpha value is -1.48. The highest BCUT2D eigenvalue weighted by atomic mass is 16.3. The number of carbonyl (C=O) groups excluding carboxylic acids is 1. The summed E-state index contributed by atoms with van der Waals surface area (Å²) >= 11 is 0. The molecule has 0 aliphatic heterocycles. The van der Waals surface area contributed by atoms with Crippen molar-refractivity contribution in [2.24, 2.45) is 17.8 Å². The van der Waals surface area contributed by atoms with Crippen molar-refractivity contribution in [2.45, 2.75) is 31.8 Å². The number of hydrogen-bond donors (Lipinski definition) is 1. The maximum atomic E-state index is 12.3. The highest BCUT2D eigenvalue weighted by Gasteiger charge is 2.43. The largest absolute Gasteiger partial charge is 0.388 e. The fourth-order valence-electron chi connectivity index (χ4n) is 3.76. The van der Waals surface area contributed by atoms with E-state index in [1.807, 2.05) is 6.07 Å². The number of allylic oxidation sites excluding steroid dienone is 1. The quantitative estimate of drug-likeness (QED) is 0.829. The van der Waals surface area contributed by atoms with Crippen LogP contribution in [0.4, 0.5) is 0 Å². The molecule has 1 unspecified atom stereocenters. The summed E-state index contributed by atoms with van der Waals surface area (Å²) in [6, 6.07) is 3.64. The van der Waals surface area contributed by atoms with Crippen molar-refractivity contribution < 1.29 is 9.90 Å². The van der Waals surface area contributed by atoms with Gasteiger partial charge in [-0.2, -0.15) is 0 Å². The van der Waals surface area contributed by atoms with Gasteiger partial charge in [-0.05, 0) is 42.7 Å². The van der Waals surface area contributed by atoms with Gasteiger partial charge in [0.25, 0.3) is 0 Å². The third kappa shape index (κ3) is 2.35. The molecule has 0 aromatic carbocycles. The number of aromatic nitrogens is 1. The van der Waals surface area contributed by atoms with Crippen molar-refractivity contribution in [1.82, 2.24) is 4.98 Å². The van der Waals surface area contributed by atoms with E-state index in [9.17, 15) is 9.90 Å². The SMILES string of the molecule is C=C1C[C@@H]2CC(=O)[C@@H](C(O)c3cccnc3)[C@H](C1)C2. The van der Waals surface area contributed by atoms with Gasteiger partial charge >= 0.3 is 0 Å². The first-order chi connectivity index (χ1) is 9.15. The number of ketones is 1. The first kappa shape index (κ1) is 12.5. The molecular weight excluding hydrogens is 238 g/mol. The van der Waals surface area contributed by atoms with Gasteiger partial charge < -0.3 is 5.11 Å². The Morgan fingerprint density at radius 2 is 2.21 bits per heavy atom. The number of hydrogen-bond acceptors (Lipinski definition) is 3. The highest BCUT2D eigenvalue weighted by molar-refractivity contribution is 5.83. The van der Waals surface area contributed by atoms with Crippen LogP contribution < -0.4 is 0 Å². The van der Waals surface area contributed by atoms with E-state index in [1.165, 1.54) is 5.57 Å². The van der Waals surface area contributed by atoms with Gasteiger partial charge in [-0.3, -0.25) is 9.78 Å². The number of aliphatic hydroxyl groups is 1. The van der Waals surface area contributed by atoms with Gasteiger partial charge in [-0.15, -0.1) is 0 Å². The third-order valence-electron chi connectivity index (χ3n) is 4.50. The lowest BCUT2D eigenvalue weighted by Gasteiger charge is -2.41. The van der Waals surface area contributed by atoms with E-state index in [2.05, 4.69) is 11.6 Å². The van der Waals surface area contributed by atoms with E-state index in [0.29, 0.717) is 12.3 Å². The summed E-state index contributed by atoms with van der Waals surface area (Å²) < 4.78 is 0. The smallest absolute Gasteiger partial charge is 0.139 e. The fraction of sp³-hybridized carbons (Fsp3) is 0.500. The molecule has 2 bridgehead atoms. The molecule has 3 nitrogen and oxygen atoms in total. The average Bonchev–Trinajstić information content (AvgIpc) is 2.38. The van der Waals surface area contributed by atoms with Crippen LogP contribution in [0, 0.1) is 17.8 Å². The Balaban J connectivity index is 1.86. The third-order valence-corrected chi connectivity index (χ3v) is 4.50. The summed E-state index contributed by atoms with van der Waals surface area (Å²) in [5.41, 5.74) is 1.98. The Kier molecular flexibility index (Phi) is 3.23. The lowest BCUT2D eigenvalue weighted by atomic mass is 9.63. The minimum absolute atomic E-state index is 0.213. The van der Waals surface area contributed by atoms with E-state index in [4.69, 9.17) is 0 Å². The number of Topliss-reactive ketones (excluding diaryl/α,β-unsaturated/α-hetero) is 1. The summed E-state index contributed by atoms with van der Waals surface area (Å²) in [5.74, 6) is 0.640. The molecule has 2 aliphatic rings. The van der Waals surface area contributed by atoms with Crippen molar-refractivity contribution in [3.63, 3.8) is 0 Å². The van der Waals surface area contributed by atoms with Gasteiger partial charge in [0.05, 0.1) is 12.0 Å². The van der Waals surface area contributed by atoms with Gasteiger partial charge in [-0.25, -0.2) is 0 Å². The number of carbonyl (C=O) groups is 1. The van der Waals surface area contributed by atoms with Crippen LogP contribution in [0.25, 0.3) is 0 Å². The van der Waals surface area contributed by atoms with Crippen LogP contribution in [0.15, 0.2) is 36.7 Å². The first-order valence-corrected chi connectivity index (χ1v) is 6.92. The molecule has 1 aromatic heterocycles. The maximum absolute atomic E-state index is 12.3. The molecule has 2 saturated carbocycles. The summed E-state index contributed by atoms with van der Waals surface area (Å²) in [6.45, 7) is 4.08. The fourth-order valence-corrected chi connectivity index (χ4v) is 3.76. The summed E-state index contributed by atoms with van der Waals surface area (Å²) in [7, 11) is 0. The summed E-state index contributed by atoms with van der Waals surface area (Å²) in [5, 5.41) is 10.5. The number of pyridine rings is 1. The monoisotopic (exact) mass is 257 g/mol. The molecule has 2 aliphatic carbocycles. The molecule has 19 heavy (non-hydrogen) atoms. The van der Waals surface area contributed by atoms with Crippen molar-refractivity contribution >= 4 is 5.78 Å². The van der Waals surface area contributed by atoms with Gasteiger partial charge in [0.2, 0.25) is 0 Å². The summed E-state index contributed by atoms with van der Waals surface area (Å²) in [6.07, 6.45) is 6.11. The average molecular weight is 257 g/mol. The second-order valence-corrected chi connectivity index (χ2v) is 5.95. The molecule has 4 atom stereocenters. The topological polar surface area (TPSA) is 50.2 Å². The zero-order valence-electron chi connectivity index (χ0n) is 11.0. The molecule has 1 aromatic rings. The van der Waals surface area contributed by atoms with Crippen molar-refractivity contribution in [3.05, 3.63) is 42.2 Å². The Morgan fingerprint density at radius 1 is 1.37 bits per heavy atom. The van der Waals surface area contributed by atoms with Crippen molar-refractivity contribution in [3.8, 4) is 0 Å². The predicted octanol–water partition coefficient (Wildman–Crippen LogP) is 2.68. The minimum Gasteiger partial charge on any atom is -0.388 e. The molecule has 0 spiro atoms. The first-order valence-electron chi connectivity index (χ1n) is 6.92. The van der Waals surface area contributed by atoms with E-state index < -0.39 is 6.10 Å². The molecule has 0 amide bonds. The van der Waals surface area contributed by atoms with Gasteiger partial charge in [-0.1, -0.05) is 18.2 Å². The van der Waals surface area contributed by atoms with Gasteiger partial charge in [0, 0.05) is 18.8 Å². The molecule has 1 N–H and O–H groups in total. The number of fused-ring (bicyclic) bond motifs is 2. The Labute approximate surface area is 113 Å². The van der Waals surface area contributed by atoms with Gasteiger partial charge in [0.1, 0.15) is 5.78 Å². The maximum Gasteiger partial charge on any atom is 0.139 e. The molecule has 3 rings (SSSR count). The van der Waals surface area contributed by atoms with Crippen LogP contribution in [-0.4, -0.2) is 15.9 Å². The molecule has 0 saturated heterocycles. The second kappa shape index (κ2) is 4.89. The number of aliphatic hydroxyl groups excluding tert-OH is 1. The van der Waals surface area contributed by atoms with Crippen molar-refractivity contribution in [2.75, 3.05) is 0 Å². The lowest BCUT2D eigenvalue weighted by molar-refractivity contribution is -0.134. The zero-order chi connectivity index (χ0) is 13.4. The molecule has 2 fully saturated rings. The van der Waals surface area contributed by atoms with E-state index in [0.717, 1.165) is 24.8 Å². The van der Waals surface area contributed by atoms with Crippen LogP contribution in [0.2, 0.25) is 0 Å². The zero-order valence-corrected chi connectivity index (χ0v) is 11.0. The Morgan fingerprint density at radius 3 is 2.95 bits per heavy atom. The summed E-state index contributed by atoms with van der Waals surface area (Å²) in [4.78, 5) is 16.4. The molecule has 1 heterocycles. The van der Waals surface area contributed by atoms with Crippen LogP contribution in [-0.2, 0) is 4.79 Å². The van der Waals surface area contributed by atoms with E-state index in [1.54, 1.807) is 18.5 Å². The van der Waals surface area contributed by atoms with Crippen LogP contribution in [0.1, 0.15) is 37.4 Å². The molecule has 100 valence electrons. The van der Waals surface area contributed by atoms with E-state index >= 15 is 0 Å². The molecule has 3 heteroatoms. The Bertz CT molecular complexity index is 497. The predicted molar refractivity (Wildman–Crippen MR) is 72.3 cm³/mol. The second-order valence-electron chi connectivity index (χ2n) is 5.95. The molecular formula is C16H19NO2. The standard InChI is InChI=1S/C16H19NO2/c1-10-5-11-7-13(6-10)15(14(18)8-11)16(19)12-3-2-4-17-9-12/h2-4,9,11,13,15-16,19H,1,5-8H2/t11-,13+,15-,16?/m0/s1. The van der Waals surface area contributed by atoms with E-state index in [-0.39, 0.29) is 17.6 Å².